The average molecular weight is 272 g/mol. The quantitative estimate of drug-likeness (QED) is 0.685. The van der Waals surface area contributed by atoms with Gasteiger partial charge in [-0.3, -0.25) is 9.78 Å². The minimum Gasteiger partial charge on any atom is -0.286 e. The van der Waals surface area contributed by atoms with Gasteiger partial charge in [0.15, 0.2) is 5.01 Å². The zero-order chi connectivity index (χ0) is 12.4. The summed E-state index contributed by atoms with van der Waals surface area (Å²) >= 11 is 2.89. The van der Waals surface area contributed by atoms with Crippen molar-refractivity contribution in [3.8, 4) is 10.6 Å². The molecule has 3 nitrogen and oxygen atoms in total. The summed E-state index contributed by atoms with van der Waals surface area (Å²) in [5.41, 5.74) is 3.25. The van der Waals surface area contributed by atoms with Gasteiger partial charge < -0.3 is 0 Å². The van der Waals surface area contributed by atoms with E-state index in [-0.39, 0.29) is 5.78 Å². The van der Waals surface area contributed by atoms with E-state index in [9.17, 15) is 4.79 Å². The van der Waals surface area contributed by atoms with E-state index in [1.807, 2.05) is 23.6 Å². The van der Waals surface area contributed by atoms with Crippen molar-refractivity contribution in [2.24, 2.45) is 0 Å². The van der Waals surface area contributed by atoms with Gasteiger partial charge in [0, 0.05) is 17.1 Å². The molecule has 0 bridgehead atoms. The van der Waals surface area contributed by atoms with Crippen LogP contribution in [0.15, 0.2) is 47.4 Å². The fourth-order valence-corrected chi connectivity index (χ4v) is 2.98. The highest BCUT2D eigenvalue weighted by Gasteiger charge is 2.14. The number of aromatic nitrogens is 2. The fourth-order valence-electron chi connectivity index (χ4n) is 1.55. The molecule has 2 heterocycles. The Bertz CT molecular complexity index is 659. The van der Waals surface area contributed by atoms with Gasteiger partial charge in [-0.15, -0.1) is 22.7 Å². The third kappa shape index (κ3) is 2.10. The summed E-state index contributed by atoms with van der Waals surface area (Å²) < 4.78 is 0. The summed E-state index contributed by atoms with van der Waals surface area (Å²) in [5.74, 6) is -0.0311. The van der Waals surface area contributed by atoms with Gasteiger partial charge in [-0.25, -0.2) is 4.98 Å². The molecule has 0 aliphatic rings. The minimum absolute atomic E-state index is 0.0311. The monoisotopic (exact) mass is 272 g/mol. The van der Waals surface area contributed by atoms with Crippen LogP contribution >= 0.6 is 22.7 Å². The van der Waals surface area contributed by atoms with Gasteiger partial charge in [0.25, 0.3) is 0 Å². The molecule has 0 spiro atoms. The molecule has 0 aliphatic carbocycles. The number of carbonyl (C=O) groups excluding carboxylic acids is 1. The summed E-state index contributed by atoms with van der Waals surface area (Å²) in [4.78, 5) is 21.5. The fraction of sp³-hybridized carbons (Fsp3) is 0. The SMILES string of the molecule is O=C(c1ccccc1)c1nc(-c2cncs2)cs1. The molecule has 18 heavy (non-hydrogen) atoms. The summed E-state index contributed by atoms with van der Waals surface area (Å²) in [6.07, 6.45) is 1.76. The molecule has 88 valence electrons. The maximum Gasteiger partial charge on any atom is 0.221 e. The first-order valence-corrected chi connectivity index (χ1v) is 7.04. The Balaban J connectivity index is 1.93. The zero-order valence-corrected chi connectivity index (χ0v) is 10.9. The molecule has 0 saturated carbocycles. The van der Waals surface area contributed by atoms with Crippen LogP contribution in [0, 0.1) is 0 Å². The van der Waals surface area contributed by atoms with Crippen LogP contribution in [0.2, 0.25) is 0 Å². The van der Waals surface area contributed by atoms with E-state index in [0.29, 0.717) is 10.6 Å². The number of hydrogen-bond acceptors (Lipinski definition) is 5. The first kappa shape index (κ1) is 11.3. The third-order valence-corrected chi connectivity index (χ3v) is 4.06. The van der Waals surface area contributed by atoms with E-state index in [2.05, 4.69) is 9.97 Å². The lowest BCUT2D eigenvalue weighted by molar-refractivity contribution is 0.103. The molecule has 0 atom stereocenters. The van der Waals surface area contributed by atoms with Crippen molar-refractivity contribution in [3.63, 3.8) is 0 Å². The van der Waals surface area contributed by atoms with Crippen molar-refractivity contribution in [1.82, 2.24) is 9.97 Å². The van der Waals surface area contributed by atoms with Crippen LogP contribution in [-0.2, 0) is 0 Å². The number of carbonyl (C=O) groups is 1. The summed E-state index contributed by atoms with van der Waals surface area (Å²) in [6.45, 7) is 0. The highest BCUT2D eigenvalue weighted by atomic mass is 32.1. The van der Waals surface area contributed by atoms with Gasteiger partial charge in [0.05, 0.1) is 16.1 Å². The standard InChI is InChI=1S/C13H8N2OS2/c16-12(9-4-2-1-3-5-9)13-15-10(7-17-13)11-6-14-8-18-11/h1-8H. The molecule has 0 fully saturated rings. The summed E-state index contributed by atoms with van der Waals surface area (Å²) in [7, 11) is 0. The second-order valence-electron chi connectivity index (χ2n) is 3.60. The highest BCUT2D eigenvalue weighted by Crippen LogP contribution is 2.25. The first-order chi connectivity index (χ1) is 8.84. The van der Waals surface area contributed by atoms with Crippen LogP contribution in [0.5, 0.6) is 0 Å². The van der Waals surface area contributed by atoms with Gasteiger partial charge >= 0.3 is 0 Å². The van der Waals surface area contributed by atoms with Crippen LogP contribution in [0.1, 0.15) is 15.4 Å². The Labute approximate surface area is 112 Å². The van der Waals surface area contributed by atoms with Crippen molar-refractivity contribution < 1.29 is 4.79 Å². The van der Waals surface area contributed by atoms with Crippen molar-refractivity contribution in [3.05, 3.63) is 58.0 Å². The van der Waals surface area contributed by atoms with Gasteiger partial charge in [-0.2, -0.15) is 0 Å². The molecule has 0 unspecified atom stereocenters. The van der Waals surface area contributed by atoms with Crippen LogP contribution in [-0.4, -0.2) is 15.8 Å². The third-order valence-electron chi connectivity index (χ3n) is 2.42. The second-order valence-corrected chi connectivity index (χ2v) is 5.34. The number of hydrogen-bond donors (Lipinski definition) is 0. The molecule has 3 aromatic rings. The topological polar surface area (TPSA) is 42.9 Å². The molecule has 0 amide bonds. The molecule has 0 radical (unpaired) electrons. The Kier molecular flexibility index (Phi) is 3.00. The molecule has 5 heteroatoms. The van der Waals surface area contributed by atoms with Crippen LogP contribution in [0.4, 0.5) is 0 Å². The largest absolute Gasteiger partial charge is 0.286 e. The van der Waals surface area contributed by atoms with Gasteiger partial charge in [-0.05, 0) is 0 Å². The van der Waals surface area contributed by atoms with Crippen molar-refractivity contribution in [1.29, 1.82) is 0 Å². The average Bonchev–Trinajstić information content (AvgIpc) is 3.09. The number of ketones is 1. The van der Waals surface area contributed by atoms with E-state index in [1.165, 1.54) is 22.7 Å². The van der Waals surface area contributed by atoms with E-state index >= 15 is 0 Å². The Morgan fingerprint density at radius 1 is 1.11 bits per heavy atom. The molecule has 3 rings (SSSR count). The molecule has 1 aromatic carbocycles. The van der Waals surface area contributed by atoms with Gasteiger partial charge in [0.1, 0.15) is 0 Å². The molecule has 0 N–H and O–H groups in total. The van der Waals surface area contributed by atoms with Crippen LogP contribution in [0.3, 0.4) is 0 Å². The number of nitrogens with zero attached hydrogens (tertiary/aromatic N) is 2. The zero-order valence-electron chi connectivity index (χ0n) is 9.24. The minimum atomic E-state index is -0.0311. The van der Waals surface area contributed by atoms with Crippen LogP contribution < -0.4 is 0 Å². The van der Waals surface area contributed by atoms with Crippen molar-refractivity contribution in [2.75, 3.05) is 0 Å². The lowest BCUT2D eigenvalue weighted by Crippen LogP contribution is -1.99. The number of thiazole rings is 2. The van der Waals surface area contributed by atoms with E-state index in [4.69, 9.17) is 0 Å². The lowest BCUT2D eigenvalue weighted by Gasteiger charge is -1.95. The Morgan fingerprint density at radius 2 is 1.94 bits per heavy atom. The Morgan fingerprint density at radius 3 is 2.67 bits per heavy atom. The van der Waals surface area contributed by atoms with Crippen molar-refractivity contribution >= 4 is 28.5 Å². The maximum absolute atomic E-state index is 12.2. The Hall–Kier alpha value is -1.85. The molecule has 0 saturated heterocycles. The summed E-state index contributed by atoms with van der Waals surface area (Å²) in [5, 5.41) is 2.41. The van der Waals surface area contributed by atoms with E-state index in [0.717, 1.165) is 10.6 Å². The molecular weight excluding hydrogens is 264 g/mol. The van der Waals surface area contributed by atoms with Crippen LogP contribution in [0.25, 0.3) is 10.6 Å². The normalized spacial score (nSPS) is 10.4. The van der Waals surface area contributed by atoms with E-state index < -0.39 is 0 Å². The summed E-state index contributed by atoms with van der Waals surface area (Å²) in [6, 6.07) is 9.20. The second kappa shape index (κ2) is 4.80. The predicted molar refractivity (Wildman–Crippen MR) is 73.1 cm³/mol. The molecule has 2 aromatic heterocycles. The van der Waals surface area contributed by atoms with Gasteiger partial charge in [0.2, 0.25) is 5.78 Å². The molecular formula is C13H8N2OS2. The predicted octanol–water partition coefficient (Wildman–Crippen LogP) is 3.50. The smallest absolute Gasteiger partial charge is 0.221 e. The number of benzene rings is 1. The molecule has 0 aliphatic heterocycles. The lowest BCUT2D eigenvalue weighted by atomic mass is 10.1. The maximum atomic E-state index is 12.2. The van der Waals surface area contributed by atoms with Gasteiger partial charge in [-0.1, -0.05) is 30.3 Å². The first-order valence-electron chi connectivity index (χ1n) is 5.29. The van der Waals surface area contributed by atoms with E-state index in [1.54, 1.807) is 23.8 Å². The van der Waals surface area contributed by atoms with Crippen molar-refractivity contribution in [2.45, 2.75) is 0 Å². The number of rotatable bonds is 3. The highest BCUT2D eigenvalue weighted by molar-refractivity contribution is 7.14.